The van der Waals surface area contributed by atoms with Gasteiger partial charge in [-0.05, 0) is 36.8 Å². The predicted molar refractivity (Wildman–Crippen MR) is 74.7 cm³/mol. The minimum absolute atomic E-state index is 0.129. The van der Waals surface area contributed by atoms with Crippen LogP contribution in [0, 0.1) is 5.92 Å². The van der Waals surface area contributed by atoms with Crippen LogP contribution in [0.15, 0.2) is 24.3 Å². The number of aryl methyl sites for hydroxylation is 1. The molecule has 0 bridgehead atoms. The smallest absolute Gasteiger partial charge is 0.182 e. The first-order valence-corrected chi connectivity index (χ1v) is 6.98. The van der Waals surface area contributed by atoms with Gasteiger partial charge in [0.15, 0.2) is 5.78 Å². The van der Waals surface area contributed by atoms with E-state index in [-0.39, 0.29) is 5.78 Å². The van der Waals surface area contributed by atoms with Crippen molar-refractivity contribution in [1.29, 1.82) is 0 Å². The van der Waals surface area contributed by atoms with Crippen LogP contribution in [-0.2, 0) is 6.42 Å². The maximum atomic E-state index is 12.6. The summed E-state index contributed by atoms with van der Waals surface area (Å²) >= 11 is 0. The van der Waals surface area contributed by atoms with Crippen molar-refractivity contribution in [2.45, 2.75) is 51.5 Å². The Balaban J connectivity index is 2.24. The first-order chi connectivity index (χ1) is 8.55. The van der Waals surface area contributed by atoms with Crippen molar-refractivity contribution in [3.63, 3.8) is 0 Å². The highest BCUT2D eigenvalue weighted by Gasteiger charge is 2.38. The number of rotatable bonds is 3. The van der Waals surface area contributed by atoms with Gasteiger partial charge in [-0.1, -0.05) is 44.9 Å². The second-order valence-electron chi connectivity index (χ2n) is 5.74. The number of hydrogen-bond donors (Lipinski definition) is 1. The number of benzene rings is 1. The Bertz CT molecular complexity index is 440. The molecule has 2 rings (SSSR count). The molecule has 1 aromatic carbocycles. The monoisotopic (exact) mass is 245 g/mol. The van der Waals surface area contributed by atoms with Gasteiger partial charge in [-0.15, -0.1) is 0 Å². The van der Waals surface area contributed by atoms with Gasteiger partial charge in [0.05, 0.1) is 5.54 Å². The molecule has 2 unspecified atom stereocenters. The van der Waals surface area contributed by atoms with Crippen molar-refractivity contribution in [1.82, 2.24) is 0 Å². The van der Waals surface area contributed by atoms with Crippen LogP contribution in [0.4, 0.5) is 0 Å². The maximum Gasteiger partial charge on any atom is 0.182 e. The van der Waals surface area contributed by atoms with Crippen molar-refractivity contribution in [3.8, 4) is 0 Å². The standard InChI is InChI=1S/C16H23NO/c1-3-13-7-4-8-14(10-13)15(18)16(17)9-5-6-12(2)11-16/h4,7-8,10,12H,3,5-6,9,11,17H2,1-2H3. The number of hydrogen-bond acceptors (Lipinski definition) is 2. The van der Waals surface area contributed by atoms with Gasteiger partial charge >= 0.3 is 0 Å². The van der Waals surface area contributed by atoms with E-state index < -0.39 is 5.54 Å². The molecule has 2 N–H and O–H groups in total. The molecule has 0 aliphatic heterocycles. The van der Waals surface area contributed by atoms with Crippen LogP contribution in [0.2, 0.25) is 0 Å². The second kappa shape index (κ2) is 5.23. The summed E-state index contributed by atoms with van der Waals surface area (Å²) in [4.78, 5) is 12.6. The minimum atomic E-state index is -0.635. The number of carbonyl (C=O) groups is 1. The maximum absolute atomic E-state index is 12.6. The Kier molecular flexibility index (Phi) is 3.86. The van der Waals surface area contributed by atoms with Crippen LogP contribution in [0.3, 0.4) is 0 Å². The largest absolute Gasteiger partial charge is 0.319 e. The van der Waals surface area contributed by atoms with Crippen molar-refractivity contribution in [2.75, 3.05) is 0 Å². The lowest BCUT2D eigenvalue weighted by Crippen LogP contribution is -2.51. The third-order valence-corrected chi connectivity index (χ3v) is 4.08. The molecule has 2 nitrogen and oxygen atoms in total. The zero-order valence-electron chi connectivity index (χ0n) is 11.4. The van der Waals surface area contributed by atoms with E-state index in [1.54, 1.807) is 0 Å². The summed E-state index contributed by atoms with van der Waals surface area (Å²) in [6.45, 7) is 4.29. The lowest BCUT2D eigenvalue weighted by atomic mass is 9.73. The molecule has 1 saturated carbocycles. The molecule has 98 valence electrons. The first kappa shape index (κ1) is 13.3. The SMILES string of the molecule is CCc1cccc(C(=O)C2(N)CCCC(C)C2)c1. The second-order valence-corrected chi connectivity index (χ2v) is 5.74. The molecule has 2 atom stereocenters. The van der Waals surface area contributed by atoms with E-state index in [4.69, 9.17) is 5.73 Å². The molecule has 0 radical (unpaired) electrons. The van der Waals surface area contributed by atoms with E-state index in [9.17, 15) is 4.79 Å². The van der Waals surface area contributed by atoms with Crippen LogP contribution < -0.4 is 5.73 Å². The Labute approximate surface area is 110 Å². The molecule has 0 heterocycles. The van der Waals surface area contributed by atoms with Crippen LogP contribution in [0.1, 0.15) is 55.5 Å². The fraction of sp³-hybridized carbons (Fsp3) is 0.562. The molecule has 18 heavy (non-hydrogen) atoms. The number of ketones is 1. The summed E-state index contributed by atoms with van der Waals surface area (Å²) in [5.74, 6) is 0.686. The highest BCUT2D eigenvalue weighted by molar-refractivity contribution is 6.03. The number of Topliss-reactive ketones (excluding diaryl/α,β-unsaturated/α-hetero) is 1. The zero-order valence-corrected chi connectivity index (χ0v) is 11.4. The highest BCUT2D eigenvalue weighted by atomic mass is 16.1. The molecule has 0 spiro atoms. The quantitative estimate of drug-likeness (QED) is 0.830. The van der Waals surface area contributed by atoms with Crippen molar-refractivity contribution in [3.05, 3.63) is 35.4 Å². The van der Waals surface area contributed by atoms with Gasteiger partial charge < -0.3 is 5.73 Å². The molecule has 1 fully saturated rings. The molecule has 1 aliphatic rings. The fourth-order valence-corrected chi connectivity index (χ4v) is 3.02. The molecule has 2 heteroatoms. The fourth-order valence-electron chi connectivity index (χ4n) is 3.02. The van der Waals surface area contributed by atoms with E-state index in [2.05, 4.69) is 19.9 Å². The Morgan fingerprint density at radius 3 is 2.94 bits per heavy atom. The highest BCUT2D eigenvalue weighted by Crippen LogP contribution is 2.33. The molecular weight excluding hydrogens is 222 g/mol. The van der Waals surface area contributed by atoms with Gasteiger partial charge in [-0.3, -0.25) is 4.79 Å². The van der Waals surface area contributed by atoms with Crippen LogP contribution >= 0.6 is 0 Å². The lowest BCUT2D eigenvalue weighted by molar-refractivity contribution is 0.0819. The summed E-state index contributed by atoms with van der Waals surface area (Å²) in [6, 6.07) is 7.91. The van der Waals surface area contributed by atoms with Gasteiger partial charge in [0.2, 0.25) is 0 Å². The zero-order chi connectivity index (χ0) is 13.2. The van der Waals surface area contributed by atoms with Crippen molar-refractivity contribution < 1.29 is 4.79 Å². The average molecular weight is 245 g/mol. The first-order valence-electron chi connectivity index (χ1n) is 6.98. The van der Waals surface area contributed by atoms with E-state index in [1.165, 1.54) is 12.0 Å². The molecule has 0 aromatic heterocycles. The Morgan fingerprint density at radius 1 is 1.50 bits per heavy atom. The van der Waals surface area contributed by atoms with Gasteiger partial charge in [0, 0.05) is 5.56 Å². The molecule has 1 aromatic rings. The summed E-state index contributed by atoms with van der Waals surface area (Å²) in [5, 5.41) is 0. The molecule has 0 amide bonds. The summed E-state index contributed by atoms with van der Waals surface area (Å²) in [5.41, 5.74) is 7.72. The van der Waals surface area contributed by atoms with Crippen LogP contribution in [0.25, 0.3) is 0 Å². The molecule has 0 saturated heterocycles. The topological polar surface area (TPSA) is 43.1 Å². The minimum Gasteiger partial charge on any atom is -0.319 e. The number of carbonyl (C=O) groups excluding carboxylic acids is 1. The Hall–Kier alpha value is -1.15. The molecular formula is C16H23NO. The van der Waals surface area contributed by atoms with Crippen LogP contribution in [-0.4, -0.2) is 11.3 Å². The van der Waals surface area contributed by atoms with Crippen LogP contribution in [0.5, 0.6) is 0 Å². The van der Waals surface area contributed by atoms with E-state index in [0.717, 1.165) is 31.2 Å². The van der Waals surface area contributed by atoms with Gasteiger partial charge in [-0.2, -0.15) is 0 Å². The Morgan fingerprint density at radius 2 is 2.28 bits per heavy atom. The summed E-state index contributed by atoms with van der Waals surface area (Å²) in [6.07, 6.45) is 4.86. The molecule has 1 aliphatic carbocycles. The van der Waals surface area contributed by atoms with E-state index >= 15 is 0 Å². The van der Waals surface area contributed by atoms with Gasteiger partial charge in [-0.25, -0.2) is 0 Å². The normalized spacial score (nSPS) is 28.1. The van der Waals surface area contributed by atoms with E-state index in [0.29, 0.717) is 5.92 Å². The average Bonchev–Trinajstić information content (AvgIpc) is 2.37. The van der Waals surface area contributed by atoms with Gasteiger partial charge in [0.1, 0.15) is 0 Å². The lowest BCUT2D eigenvalue weighted by Gasteiger charge is -2.35. The van der Waals surface area contributed by atoms with Crippen molar-refractivity contribution >= 4 is 5.78 Å². The predicted octanol–water partition coefficient (Wildman–Crippen LogP) is 3.34. The summed E-state index contributed by atoms with van der Waals surface area (Å²) < 4.78 is 0. The third kappa shape index (κ3) is 2.64. The third-order valence-electron chi connectivity index (χ3n) is 4.08. The van der Waals surface area contributed by atoms with Crippen molar-refractivity contribution in [2.24, 2.45) is 11.7 Å². The summed E-state index contributed by atoms with van der Waals surface area (Å²) in [7, 11) is 0. The van der Waals surface area contributed by atoms with E-state index in [1.807, 2.05) is 18.2 Å². The number of nitrogens with two attached hydrogens (primary N) is 1. The van der Waals surface area contributed by atoms with Gasteiger partial charge in [0.25, 0.3) is 0 Å².